The third kappa shape index (κ3) is 2.85. The zero-order valence-electron chi connectivity index (χ0n) is 12.0. The highest BCUT2D eigenvalue weighted by atomic mass is 35.5. The van der Waals surface area contributed by atoms with Crippen molar-refractivity contribution < 1.29 is 0 Å². The summed E-state index contributed by atoms with van der Waals surface area (Å²) in [7, 11) is 1.84. The summed E-state index contributed by atoms with van der Waals surface area (Å²) in [6, 6.07) is 3.94. The molecule has 0 saturated carbocycles. The van der Waals surface area contributed by atoms with Crippen molar-refractivity contribution in [2.45, 2.75) is 32.7 Å². The second-order valence-corrected chi connectivity index (χ2v) is 5.16. The zero-order chi connectivity index (χ0) is 14.7. The Kier molecular flexibility index (Phi) is 4.75. The van der Waals surface area contributed by atoms with E-state index in [4.69, 9.17) is 17.4 Å². The van der Waals surface area contributed by atoms with Gasteiger partial charge >= 0.3 is 0 Å². The van der Waals surface area contributed by atoms with Gasteiger partial charge in [0.05, 0.1) is 17.4 Å². The zero-order valence-corrected chi connectivity index (χ0v) is 12.8. The quantitative estimate of drug-likeness (QED) is 0.654. The van der Waals surface area contributed by atoms with Crippen molar-refractivity contribution in [1.82, 2.24) is 20.2 Å². The summed E-state index contributed by atoms with van der Waals surface area (Å²) < 4.78 is 1.68. The summed E-state index contributed by atoms with van der Waals surface area (Å²) in [6.07, 6.45) is 3.37. The molecule has 1 unspecified atom stereocenters. The molecule has 6 heteroatoms. The van der Waals surface area contributed by atoms with Gasteiger partial charge in [0.25, 0.3) is 0 Å². The topological polar surface area (TPSA) is 68.8 Å². The molecule has 0 aromatic carbocycles. The molecular weight excluding hydrogens is 274 g/mol. The van der Waals surface area contributed by atoms with Gasteiger partial charge in [-0.3, -0.25) is 20.9 Å². The first-order valence-corrected chi connectivity index (χ1v) is 7.04. The number of aromatic nitrogens is 3. The fourth-order valence-corrected chi connectivity index (χ4v) is 2.66. The number of nitrogens with two attached hydrogens (primary N) is 1. The van der Waals surface area contributed by atoms with Crippen molar-refractivity contribution in [1.29, 1.82) is 0 Å². The molecular formula is C14H20ClN5. The fraction of sp³-hybridized carbons (Fsp3) is 0.429. The molecule has 2 aromatic heterocycles. The molecule has 5 nitrogen and oxygen atoms in total. The van der Waals surface area contributed by atoms with E-state index in [1.54, 1.807) is 10.9 Å². The SMILES string of the molecule is CCc1cccnc1C(Cc1c(C)nn(C)c1Cl)NN. The van der Waals surface area contributed by atoms with Crippen LogP contribution >= 0.6 is 11.6 Å². The van der Waals surface area contributed by atoms with Crippen molar-refractivity contribution >= 4 is 11.6 Å². The van der Waals surface area contributed by atoms with Crippen LogP contribution in [0.1, 0.15) is 35.5 Å². The second kappa shape index (κ2) is 6.35. The minimum Gasteiger partial charge on any atom is -0.271 e. The predicted molar refractivity (Wildman–Crippen MR) is 80.3 cm³/mol. The molecule has 0 aliphatic heterocycles. The highest BCUT2D eigenvalue weighted by Gasteiger charge is 2.20. The minimum atomic E-state index is -0.0773. The maximum Gasteiger partial charge on any atom is 0.130 e. The first-order valence-electron chi connectivity index (χ1n) is 6.66. The monoisotopic (exact) mass is 293 g/mol. The smallest absolute Gasteiger partial charge is 0.130 e. The molecule has 0 radical (unpaired) electrons. The Morgan fingerprint density at radius 3 is 2.80 bits per heavy atom. The molecule has 0 bridgehead atoms. The van der Waals surface area contributed by atoms with Gasteiger partial charge in [-0.15, -0.1) is 0 Å². The highest BCUT2D eigenvalue weighted by Crippen LogP contribution is 2.26. The van der Waals surface area contributed by atoms with E-state index in [0.717, 1.165) is 23.4 Å². The van der Waals surface area contributed by atoms with Crippen LogP contribution in [0.5, 0.6) is 0 Å². The van der Waals surface area contributed by atoms with Crippen LogP contribution < -0.4 is 11.3 Å². The first-order chi connectivity index (χ1) is 9.58. The average Bonchev–Trinajstić information content (AvgIpc) is 2.70. The number of hydrazine groups is 1. The van der Waals surface area contributed by atoms with Crippen molar-refractivity contribution in [2.75, 3.05) is 0 Å². The van der Waals surface area contributed by atoms with E-state index in [-0.39, 0.29) is 6.04 Å². The lowest BCUT2D eigenvalue weighted by molar-refractivity contribution is 0.532. The first kappa shape index (κ1) is 15.0. The van der Waals surface area contributed by atoms with Crippen molar-refractivity contribution in [2.24, 2.45) is 12.9 Å². The van der Waals surface area contributed by atoms with Gasteiger partial charge in [0, 0.05) is 18.8 Å². The van der Waals surface area contributed by atoms with E-state index in [1.165, 1.54) is 5.56 Å². The molecule has 2 rings (SSSR count). The van der Waals surface area contributed by atoms with Gasteiger partial charge in [-0.05, 0) is 31.4 Å². The highest BCUT2D eigenvalue weighted by molar-refractivity contribution is 6.30. The molecule has 20 heavy (non-hydrogen) atoms. The van der Waals surface area contributed by atoms with E-state index >= 15 is 0 Å². The molecule has 1 atom stereocenters. The Balaban J connectivity index is 2.34. The Morgan fingerprint density at radius 1 is 1.50 bits per heavy atom. The van der Waals surface area contributed by atoms with Gasteiger partial charge in [-0.25, -0.2) is 0 Å². The summed E-state index contributed by atoms with van der Waals surface area (Å²) in [4.78, 5) is 4.47. The van der Waals surface area contributed by atoms with Crippen molar-refractivity contribution in [3.05, 3.63) is 46.0 Å². The normalized spacial score (nSPS) is 12.7. The largest absolute Gasteiger partial charge is 0.271 e. The van der Waals surface area contributed by atoms with Gasteiger partial charge in [0.2, 0.25) is 0 Å². The van der Waals surface area contributed by atoms with Gasteiger partial charge in [-0.2, -0.15) is 5.10 Å². The average molecular weight is 294 g/mol. The van der Waals surface area contributed by atoms with Crippen molar-refractivity contribution in [3.8, 4) is 0 Å². The van der Waals surface area contributed by atoms with E-state index in [9.17, 15) is 0 Å². The maximum atomic E-state index is 6.29. The van der Waals surface area contributed by atoms with Crippen molar-refractivity contribution in [3.63, 3.8) is 0 Å². The number of nitrogens with zero attached hydrogens (tertiary/aromatic N) is 3. The van der Waals surface area contributed by atoms with E-state index in [2.05, 4.69) is 28.5 Å². The Labute approximate surface area is 124 Å². The van der Waals surface area contributed by atoms with E-state index in [1.807, 2.05) is 20.0 Å². The lowest BCUT2D eigenvalue weighted by atomic mass is 9.99. The van der Waals surface area contributed by atoms with Gasteiger partial charge in [0.15, 0.2) is 0 Å². The molecule has 0 saturated heterocycles. The van der Waals surface area contributed by atoms with Crippen LogP contribution in [0.3, 0.4) is 0 Å². The minimum absolute atomic E-state index is 0.0773. The number of hydrogen-bond acceptors (Lipinski definition) is 4. The van der Waals surface area contributed by atoms with Crippen LogP contribution in [-0.2, 0) is 19.9 Å². The Bertz CT molecular complexity index is 593. The lowest BCUT2D eigenvalue weighted by Crippen LogP contribution is -2.31. The molecule has 2 heterocycles. The predicted octanol–water partition coefficient (Wildman–Crippen LogP) is 2.09. The number of hydrogen-bond donors (Lipinski definition) is 2. The summed E-state index contributed by atoms with van der Waals surface area (Å²) >= 11 is 6.29. The molecule has 0 fully saturated rings. The maximum absolute atomic E-state index is 6.29. The third-order valence-electron chi connectivity index (χ3n) is 3.52. The van der Waals surface area contributed by atoms with Crippen LogP contribution in [0.4, 0.5) is 0 Å². The summed E-state index contributed by atoms with van der Waals surface area (Å²) in [5, 5.41) is 4.98. The number of aryl methyl sites for hydroxylation is 3. The summed E-state index contributed by atoms with van der Waals surface area (Å²) in [5.74, 6) is 5.72. The van der Waals surface area contributed by atoms with Gasteiger partial charge in [0.1, 0.15) is 5.15 Å². The third-order valence-corrected chi connectivity index (χ3v) is 3.99. The fourth-order valence-electron chi connectivity index (χ4n) is 2.41. The van der Waals surface area contributed by atoms with Gasteiger partial charge < -0.3 is 0 Å². The van der Waals surface area contributed by atoms with Gasteiger partial charge in [-0.1, -0.05) is 24.6 Å². The summed E-state index contributed by atoms with van der Waals surface area (Å²) in [5.41, 5.74) is 6.93. The molecule has 108 valence electrons. The molecule has 0 aliphatic rings. The number of halogens is 1. The van der Waals surface area contributed by atoms with E-state index < -0.39 is 0 Å². The number of pyridine rings is 1. The van der Waals surface area contributed by atoms with E-state index in [0.29, 0.717) is 11.6 Å². The van der Waals surface area contributed by atoms with Crippen LogP contribution in [0, 0.1) is 6.92 Å². The molecule has 3 N–H and O–H groups in total. The van der Waals surface area contributed by atoms with Crippen LogP contribution in [0.2, 0.25) is 5.15 Å². The summed E-state index contributed by atoms with van der Waals surface area (Å²) in [6.45, 7) is 4.06. The standard InChI is InChI=1S/C14H20ClN5/c1-4-10-6-5-7-17-13(10)12(18-16)8-11-9(2)19-20(3)14(11)15/h5-7,12,18H,4,8,16H2,1-3H3. The molecule has 0 aliphatic carbocycles. The van der Waals surface area contributed by atoms with Crippen LogP contribution in [0.25, 0.3) is 0 Å². The Hall–Kier alpha value is -1.43. The van der Waals surface area contributed by atoms with Crippen LogP contribution in [-0.4, -0.2) is 14.8 Å². The van der Waals surface area contributed by atoms with Crippen LogP contribution in [0.15, 0.2) is 18.3 Å². The second-order valence-electron chi connectivity index (χ2n) is 4.80. The lowest BCUT2D eigenvalue weighted by Gasteiger charge is -2.18. The Morgan fingerprint density at radius 2 is 2.25 bits per heavy atom. The molecule has 0 spiro atoms. The number of nitrogens with one attached hydrogen (secondary N) is 1. The molecule has 0 amide bonds. The molecule has 2 aromatic rings. The number of rotatable bonds is 5.